The van der Waals surface area contributed by atoms with Gasteiger partial charge in [0.1, 0.15) is 30.5 Å². The minimum Gasteiger partial charge on any atom is -0.457 e. The lowest BCUT2D eigenvalue weighted by Crippen LogP contribution is -2.59. The van der Waals surface area contributed by atoms with Gasteiger partial charge in [0, 0.05) is 13.0 Å². The van der Waals surface area contributed by atoms with Crippen LogP contribution in [0.5, 0.6) is 0 Å². The van der Waals surface area contributed by atoms with Crippen molar-refractivity contribution >= 4 is 5.97 Å². The quantitative estimate of drug-likeness (QED) is 0.0359. The lowest BCUT2D eigenvalue weighted by Gasteiger charge is -2.39. The number of rotatable bonds is 30. The van der Waals surface area contributed by atoms with Crippen LogP contribution >= 0.6 is 0 Å². The van der Waals surface area contributed by atoms with Gasteiger partial charge in [0.15, 0.2) is 6.29 Å². The van der Waals surface area contributed by atoms with Crippen LogP contribution in [0.1, 0.15) is 129 Å². The molecular weight excluding hydrogens is 612 g/mol. The number of hydrogen-bond acceptors (Lipinski definition) is 9. The van der Waals surface area contributed by atoms with Crippen molar-refractivity contribution in [2.45, 2.75) is 166 Å². The summed E-state index contributed by atoms with van der Waals surface area (Å²) in [5.41, 5.74) is 0. The van der Waals surface area contributed by atoms with Gasteiger partial charge in [0.2, 0.25) is 0 Å². The minimum atomic E-state index is -1.54. The summed E-state index contributed by atoms with van der Waals surface area (Å²) < 4.78 is 22.5. The minimum absolute atomic E-state index is 0.121. The first-order valence-electron chi connectivity index (χ1n) is 18.7. The summed E-state index contributed by atoms with van der Waals surface area (Å²) in [4.78, 5) is 12.6. The van der Waals surface area contributed by atoms with E-state index in [4.69, 9.17) is 18.9 Å². The third-order valence-corrected chi connectivity index (χ3v) is 8.26. The molecule has 0 amide bonds. The van der Waals surface area contributed by atoms with Gasteiger partial charge in [-0.25, -0.2) is 0 Å². The van der Waals surface area contributed by atoms with E-state index in [1.807, 2.05) is 0 Å². The first-order chi connectivity index (χ1) is 23.4. The maximum absolute atomic E-state index is 12.6. The molecule has 0 aromatic carbocycles. The molecule has 6 atom stereocenters. The molecule has 0 aromatic rings. The second-order valence-corrected chi connectivity index (χ2v) is 12.6. The molecule has 1 aliphatic heterocycles. The number of carbonyl (C=O) groups excluding carboxylic acids is 1. The molecule has 1 fully saturated rings. The highest BCUT2D eigenvalue weighted by molar-refractivity contribution is 5.69. The maximum Gasteiger partial charge on any atom is 0.306 e. The van der Waals surface area contributed by atoms with Gasteiger partial charge in [0.25, 0.3) is 0 Å². The Kier molecular flexibility index (Phi) is 28.7. The molecule has 278 valence electrons. The molecule has 0 radical (unpaired) electrons. The van der Waals surface area contributed by atoms with Crippen LogP contribution in [0.15, 0.2) is 48.6 Å². The molecule has 48 heavy (non-hydrogen) atoms. The highest BCUT2D eigenvalue weighted by Gasteiger charge is 2.44. The lowest BCUT2D eigenvalue weighted by molar-refractivity contribution is -0.305. The second kappa shape index (κ2) is 31.2. The molecule has 0 bridgehead atoms. The lowest BCUT2D eigenvalue weighted by atomic mass is 9.99. The van der Waals surface area contributed by atoms with E-state index in [0.29, 0.717) is 13.0 Å². The molecule has 9 nitrogen and oxygen atoms in total. The Bertz CT molecular complexity index is 870. The SMILES string of the molecule is CC/C=C\C/C=C\C/C=C\C/C=C\CCCCCCCCC(=O)OC(COCCCCCCCC)COC1OC(CO)C(O)C(O)C1O. The van der Waals surface area contributed by atoms with E-state index in [-0.39, 0.29) is 19.2 Å². The Labute approximate surface area is 291 Å². The van der Waals surface area contributed by atoms with Gasteiger partial charge in [-0.3, -0.25) is 4.79 Å². The van der Waals surface area contributed by atoms with E-state index >= 15 is 0 Å². The molecule has 0 saturated carbocycles. The number of ether oxygens (including phenoxy) is 4. The fourth-order valence-electron chi connectivity index (χ4n) is 5.30. The monoisotopic (exact) mass is 680 g/mol. The third kappa shape index (κ3) is 22.7. The largest absolute Gasteiger partial charge is 0.457 e. The van der Waals surface area contributed by atoms with Crippen molar-refractivity contribution in [2.75, 3.05) is 26.4 Å². The van der Waals surface area contributed by atoms with Crippen molar-refractivity contribution < 1.29 is 44.2 Å². The molecule has 6 unspecified atom stereocenters. The Hall–Kier alpha value is -1.85. The van der Waals surface area contributed by atoms with Crippen molar-refractivity contribution in [1.82, 2.24) is 0 Å². The molecule has 1 aliphatic rings. The highest BCUT2D eigenvalue weighted by Crippen LogP contribution is 2.22. The molecule has 9 heteroatoms. The van der Waals surface area contributed by atoms with Crippen LogP contribution in [-0.4, -0.2) is 89.6 Å². The number of aliphatic hydroxyl groups excluding tert-OH is 4. The van der Waals surface area contributed by atoms with Gasteiger partial charge in [0.05, 0.1) is 19.8 Å². The van der Waals surface area contributed by atoms with Gasteiger partial charge in [-0.15, -0.1) is 0 Å². The number of hydrogen-bond donors (Lipinski definition) is 4. The summed E-state index contributed by atoms with van der Waals surface area (Å²) in [6.45, 7) is 4.35. The van der Waals surface area contributed by atoms with Crippen LogP contribution in [0.2, 0.25) is 0 Å². The van der Waals surface area contributed by atoms with E-state index in [1.54, 1.807) is 0 Å². The van der Waals surface area contributed by atoms with E-state index in [9.17, 15) is 25.2 Å². The zero-order chi connectivity index (χ0) is 35.1. The summed E-state index contributed by atoms with van der Waals surface area (Å²) in [5.74, 6) is -0.333. The second-order valence-electron chi connectivity index (χ2n) is 12.6. The van der Waals surface area contributed by atoms with Crippen LogP contribution in [0, 0.1) is 0 Å². The molecule has 1 saturated heterocycles. The summed E-state index contributed by atoms with van der Waals surface area (Å²) in [7, 11) is 0. The van der Waals surface area contributed by atoms with Gasteiger partial charge in [-0.2, -0.15) is 0 Å². The predicted octanol–water partition coefficient (Wildman–Crippen LogP) is 7.02. The smallest absolute Gasteiger partial charge is 0.306 e. The standard InChI is InChI=1S/C39H68O9/c1-3-5-7-9-11-12-13-14-15-16-17-18-19-20-21-22-23-24-26-28-35(41)47-33(31-45-29-27-25-10-8-6-4-2)32-46-39-38(44)37(43)36(42)34(30-40)48-39/h5,7,11-12,14-15,17-18,33-34,36-40,42-44H,3-4,6,8-10,13,16,19-32H2,1-2H3/b7-5-,12-11-,15-14-,18-17-. The molecule has 1 heterocycles. The Morgan fingerprint density at radius 2 is 1.27 bits per heavy atom. The summed E-state index contributed by atoms with van der Waals surface area (Å²) in [6.07, 6.45) is 28.7. The van der Waals surface area contributed by atoms with Gasteiger partial charge < -0.3 is 39.4 Å². The maximum atomic E-state index is 12.6. The van der Waals surface area contributed by atoms with Gasteiger partial charge in [-0.05, 0) is 51.4 Å². The third-order valence-electron chi connectivity index (χ3n) is 8.26. The number of carbonyl (C=O) groups is 1. The zero-order valence-electron chi connectivity index (χ0n) is 30.0. The van der Waals surface area contributed by atoms with E-state index < -0.39 is 43.4 Å². The fourth-order valence-corrected chi connectivity index (χ4v) is 5.30. The summed E-state index contributed by atoms with van der Waals surface area (Å²) in [5, 5.41) is 39.8. The highest BCUT2D eigenvalue weighted by atomic mass is 16.7. The first kappa shape index (κ1) is 44.2. The van der Waals surface area contributed by atoms with E-state index in [1.165, 1.54) is 38.5 Å². The topological polar surface area (TPSA) is 135 Å². The summed E-state index contributed by atoms with van der Waals surface area (Å²) >= 11 is 0. The molecular formula is C39H68O9. The molecule has 0 aliphatic carbocycles. The van der Waals surface area contributed by atoms with Crippen molar-refractivity contribution in [2.24, 2.45) is 0 Å². The van der Waals surface area contributed by atoms with Crippen molar-refractivity contribution in [1.29, 1.82) is 0 Å². The number of aliphatic hydroxyl groups is 4. The fraction of sp³-hybridized carbons (Fsp3) is 0.769. The normalized spacial score (nSPS) is 22.5. The predicted molar refractivity (Wildman–Crippen MR) is 191 cm³/mol. The number of unbranched alkanes of at least 4 members (excludes halogenated alkanes) is 11. The average molecular weight is 681 g/mol. The Morgan fingerprint density at radius 3 is 1.92 bits per heavy atom. The average Bonchev–Trinajstić information content (AvgIpc) is 3.08. The van der Waals surface area contributed by atoms with Crippen molar-refractivity contribution in [3.63, 3.8) is 0 Å². The summed E-state index contributed by atoms with van der Waals surface area (Å²) in [6, 6.07) is 0. The van der Waals surface area contributed by atoms with Crippen LogP contribution in [0.4, 0.5) is 0 Å². The van der Waals surface area contributed by atoms with Crippen molar-refractivity contribution in [3.8, 4) is 0 Å². The van der Waals surface area contributed by atoms with Crippen LogP contribution < -0.4 is 0 Å². The van der Waals surface area contributed by atoms with Gasteiger partial charge >= 0.3 is 5.97 Å². The molecule has 0 aromatic heterocycles. The van der Waals surface area contributed by atoms with Crippen LogP contribution in [-0.2, 0) is 23.7 Å². The molecule has 4 N–H and O–H groups in total. The van der Waals surface area contributed by atoms with Crippen LogP contribution in [0.25, 0.3) is 0 Å². The molecule has 1 rings (SSSR count). The van der Waals surface area contributed by atoms with Crippen molar-refractivity contribution in [3.05, 3.63) is 48.6 Å². The van der Waals surface area contributed by atoms with Gasteiger partial charge in [-0.1, -0.05) is 120 Å². The Balaban J connectivity index is 2.27. The number of allylic oxidation sites excluding steroid dienone is 8. The first-order valence-corrected chi connectivity index (χ1v) is 18.7. The Morgan fingerprint density at radius 1 is 0.688 bits per heavy atom. The molecule has 0 spiro atoms. The zero-order valence-corrected chi connectivity index (χ0v) is 30.0. The number of esters is 1. The van der Waals surface area contributed by atoms with E-state index in [0.717, 1.165) is 70.6 Å². The van der Waals surface area contributed by atoms with Crippen LogP contribution in [0.3, 0.4) is 0 Å². The van der Waals surface area contributed by atoms with E-state index in [2.05, 4.69) is 62.5 Å².